The third kappa shape index (κ3) is 4.27. The zero-order valence-corrected chi connectivity index (χ0v) is 16.6. The van der Waals surface area contributed by atoms with E-state index in [9.17, 15) is 18.4 Å². The smallest absolute Gasteiger partial charge is 0.353 e. The summed E-state index contributed by atoms with van der Waals surface area (Å²) < 4.78 is 39.1. The van der Waals surface area contributed by atoms with Gasteiger partial charge in [-0.3, -0.25) is 0 Å². The number of halogens is 3. The number of benzene rings is 1. The molecule has 1 aliphatic rings. The first-order valence-corrected chi connectivity index (χ1v) is 9.34. The molecule has 0 spiro atoms. The van der Waals surface area contributed by atoms with Crippen molar-refractivity contribution in [1.82, 2.24) is 15.3 Å². The van der Waals surface area contributed by atoms with Gasteiger partial charge in [0.25, 0.3) is 0 Å². The summed E-state index contributed by atoms with van der Waals surface area (Å²) in [6, 6.07) is 7.39. The van der Waals surface area contributed by atoms with Crippen LogP contribution in [0.5, 0.6) is 0 Å². The maximum absolute atomic E-state index is 13.0. The van der Waals surface area contributed by atoms with E-state index in [0.717, 1.165) is 24.1 Å². The van der Waals surface area contributed by atoms with Crippen molar-refractivity contribution in [1.29, 1.82) is 5.26 Å². The molecule has 1 saturated heterocycles. The van der Waals surface area contributed by atoms with E-state index in [1.54, 1.807) is 20.0 Å². The van der Waals surface area contributed by atoms with Crippen LogP contribution in [0.15, 0.2) is 24.3 Å². The predicted molar refractivity (Wildman–Crippen MR) is 105 cm³/mol. The number of anilines is 3. The molecule has 0 bridgehead atoms. The monoisotopic (exact) mass is 404 g/mol. The molecular formula is C20H23F3N6. The predicted octanol–water partition coefficient (Wildman–Crippen LogP) is 4.01. The van der Waals surface area contributed by atoms with Gasteiger partial charge >= 0.3 is 6.18 Å². The number of hydrogen-bond acceptors (Lipinski definition) is 6. The van der Waals surface area contributed by atoms with E-state index in [-0.39, 0.29) is 5.41 Å². The number of hydrogen-bond donors (Lipinski definition) is 2. The van der Waals surface area contributed by atoms with Crippen molar-refractivity contribution >= 4 is 17.3 Å². The second-order valence-electron chi connectivity index (χ2n) is 7.26. The lowest BCUT2D eigenvalue weighted by Gasteiger charge is -2.46. The van der Waals surface area contributed by atoms with Crippen LogP contribution in [0.25, 0.3) is 0 Å². The molecule has 6 nitrogen and oxygen atoms in total. The Kier molecular flexibility index (Phi) is 5.66. The van der Waals surface area contributed by atoms with E-state index in [1.807, 2.05) is 11.8 Å². The van der Waals surface area contributed by atoms with Crippen LogP contribution in [0.2, 0.25) is 0 Å². The average molecular weight is 404 g/mol. The van der Waals surface area contributed by atoms with E-state index < -0.39 is 11.7 Å². The van der Waals surface area contributed by atoms with Gasteiger partial charge in [-0.2, -0.15) is 18.4 Å². The molecule has 0 unspecified atom stereocenters. The van der Waals surface area contributed by atoms with Crippen LogP contribution >= 0.6 is 0 Å². The molecule has 2 heterocycles. The Bertz CT molecular complexity index is 929. The summed E-state index contributed by atoms with van der Waals surface area (Å²) in [5, 5.41) is 15.5. The van der Waals surface area contributed by atoms with Gasteiger partial charge in [0.15, 0.2) is 0 Å². The van der Waals surface area contributed by atoms with Crippen LogP contribution < -0.4 is 15.5 Å². The molecule has 154 valence electrons. The lowest BCUT2D eigenvalue weighted by Crippen LogP contribution is -2.56. The van der Waals surface area contributed by atoms with E-state index in [2.05, 4.69) is 26.7 Å². The Labute approximate surface area is 167 Å². The maximum Gasteiger partial charge on any atom is 0.416 e. The quantitative estimate of drug-likeness (QED) is 0.758. The van der Waals surface area contributed by atoms with Gasteiger partial charge < -0.3 is 15.5 Å². The molecule has 1 aromatic heterocycles. The van der Waals surface area contributed by atoms with Gasteiger partial charge in [-0.25, -0.2) is 9.97 Å². The average Bonchev–Trinajstić information content (AvgIpc) is 2.64. The number of aryl methyl sites for hydroxylation is 1. The summed E-state index contributed by atoms with van der Waals surface area (Å²) in [6.45, 7) is 5.29. The van der Waals surface area contributed by atoms with E-state index in [1.165, 1.54) is 6.07 Å². The fourth-order valence-electron chi connectivity index (χ4n) is 3.40. The minimum absolute atomic E-state index is 0.296. The van der Waals surface area contributed by atoms with Crippen molar-refractivity contribution in [3.8, 4) is 6.07 Å². The van der Waals surface area contributed by atoms with Gasteiger partial charge in [0, 0.05) is 25.3 Å². The highest BCUT2D eigenvalue weighted by Gasteiger charge is 2.43. The van der Waals surface area contributed by atoms with Crippen molar-refractivity contribution in [3.63, 3.8) is 0 Å². The van der Waals surface area contributed by atoms with Crippen LogP contribution in [-0.2, 0) is 12.7 Å². The van der Waals surface area contributed by atoms with Gasteiger partial charge in [-0.05, 0) is 38.6 Å². The van der Waals surface area contributed by atoms with Crippen molar-refractivity contribution in [2.75, 3.05) is 30.4 Å². The summed E-state index contributed by atoms with van der Waals surface area (Å²) in [4.78, 5) is 11.0. The standard InChI is InChI=1S/C20H23F3N6/c1-4-19(10-24)11-29(12-19)18-16(9-25-3)17(26-13(2)27-18)28-15-7-5-6-14(8-15)20(21,22)23/h5-8,25H,4,9,11-12H2,1-3H3,(H,26,27,28). The lowest BCUT2D eigenvalue weighted by atomic mass is 9.79. The number of nitrogens with one attached hydrogen (secondary N) is 2. The third-order valence-electron chi connectivity index (χ3n) is 5.10. The summed E-state index contributed by atoms with van der Waals surface area (Å²) in [6.07, 6.45) is -3.67. The first kappa shape index (κ1) is 20.9. The van der Waals surface area contributed by atoms with Crippen LogP contribution in [0.4, 0.5) is 30.5 Å². The van der Waals surface area contributed by atoms with Crippen LogP contribution in [0.1, 0.15) is 30.3 Å². The second kappa shape index (κ2) is 7.87. The number of nitrogens with zero attached hydrogens (tertiary/aromatic N) is 4. The Hall–Kier alpha value is -2.86. The van der Waals surface area contributed by atoms with Crippen molar-refractivity contribution < 1.29 is 13.2 Å². The Morgan fingerprint density at radius 3 is 2.59 bits per heavy atom. The minimum atomic E-state index is -4.42. The van der Waals surface area contributed by atoms with Gasteiger partial charge in [0.1, 0.15) is 17.5 Å². The normalized spacial score (nSPS) is 15.6. The zero-order chi connectivity index (χ0) is 21.2. The van der Waals surface area contributed by atoms with Crippen LogP contribution in [0.3, 0.4) is 0 Å². The minimum Gasteiger partial charge on any atom is -0.353 e. The fraction of sp³-hybridized carbons (Fsp3) is 0.450. The highest BCUT2D eigenvalue weighted by molar-refractivity contribution is 5.67. The number of rotatable bonds is 6. The molecule has 1 aliphatic heterocycles. The van der Waals surface area contributed by atoms with Gasteiger partial charge in [0.05, 0.1) is 22.6 Å². The molecule has 0 aliphatic carbocycles. The Morgan fingerprint density at radius 2 is 2.00 bits per heavy atom. The highest BCUT2D eigenvalue weighted by atomic mass is 19.4. The molecule has 2 aromatic rings. The summed E-state index contributed by atoms with van der Waals surface area (Å²) in [5.74, 6) is 1.65. The molecule has 1 aromatic carbocycles. The molecule has 0 saturated carbocycles. The number of aromatic nitrogens is 2. The molecular weight excluding hydrogens is 381 g/mol. The molecule has 0 amide bonds. The highest BCUT2D eigenvalue weighted by Crippen LogP contribution is 2.39. The second-order valence-corrected chi connectivity index (χ2v) is 7.26. The maximum atomic E-state index is 13.0. The van der Waals surface area contributed by atoms with E-state index in [0.29, 0.717) is 42.8 Å². The molecule has 0 atom stereocenters. The summed E-state index contributed by atoms with van der Waals surface area (Å²) >= 11 is 0. The number of alkyl halides is 3. The van der Waals surface area contributed by atoms with Crippen molar-refractivity contribution in [2.45, 2.75) is 33.0 Å². The fourth-order valence-corrected chi connectivity index (χ4v) is 3.40. The van der Waals surface area contributed by atoms with E-state index >= 15 is 0 Å². The first-order chi connectivity index (χ1) is 13.7. The topological polar surface area (TPSA) is 76.9 Å². The third-order valence-corrected chi connectivity index (χ3v) is 5.10. The Morgan fingerprint density at radius 1 is 1.28 bits per heavy atom. The van der Waals surface area contributed by atoms with Gasteiger partial charge in [-0.1, -0.05) is 13.0 Å². The molecule has 0 radical (unpaired) electrons. The lowest BCUT2D eigenvalue weighted by molar-refractivity contribution is -0.137. The van der Waals surface area contributed by atoms with Crippen LogP contribution in [-0.4, -0.2) is 30.1 Å². The van der Waals surface area contributed by atoms with Crippen molar-refractivity contribution in [3.05, 3.63) is 41.2 Å². The van der Waals surface area contributed by atoms with E-state index in [4.69, 9.17) is 0 Å². The zero-order valence-electron chi connectivity index (χ0n) is 16.6. The van der Waals surface area contributed by atoms with Gasteiger partial charge in [-0.15, -0.1) is 0 Å². The largest absolute Gasteiger partial charge is 0.416 e. The number of nitriles is 1. The molecule has 29 heavy (non-hydrogen) atoms. The SMILES string of the molecule is CCC1(C#N)CN(c2nc(C)nc(Nc3cccc(C(F)(F)F)c3)c2CNC)C1. The summed E-state index contributed by atoms with van der Waals surface area (Å²) in [7, 11) is 1.78. The van der Waals surface area contributed by atoms with Crippen LogP contribution in [0, 0.1) is 23.7 Å². The Balaban J connectivity index is 1.96. The molecule has 1 fully saturated rings. The van der Waals surface area contributed by atoms with Gasteiger partial charge in [0.2, 0.25) is 0 Å². The van der Waals surface area contributed by atoms with Crippen molar-refractivity contribution in [2.24, 2.45) is 5.41 Å². The molecule has 2 N–H and O–H groups in total. The summed E-state index contributed by atoms with van der Waals surface area (Å²) in [5.41, 5.74) is -0.0687. The first-order valence-electron chi connectivity index (χ1n) is 9.34. The molecule has 9 heteroatoms. The molecule has 3 rings (SSSR count).